The van der Waals surface area contributed by atoms with Crippen molar-refractivity contribution in [2.45, 2.75) is 13.2 Å². The van der Waals surface area contributed by atoms with Crippen molar-refractivity contribution in [3.8, 4) is 11.5 Å². The number of ether oxygens (including phenoxy) is 2. The fraction of sp³-hybridized carbons (Fsp3) is 0.174. The van der Waals surface area contributed by atoms with Gasteiger partial charge in [0.1, 0.15) is 13.2 Å². The van der Waals surface area contributed by atoms with Crippen LogP contribution in [0.1, 0.15) is 21.5 Å². The largest absolute Gasteiger partial charge is 0.485 e. The van der Waals surface area contributed by atoms with Crippen LogP contribution >= 0.6 is 0 Å². The van der Waals surface area contributed by atoms with Crippen molar-refractivity contribution < 1.29 is 14.3 Å². The zero-order valence-electron chi connectivity index (χ0n) is 15.6. The number of para-hydroxylation sites is 1. The Morgan fingerprint density at radius 2 is 1.39 bits per heavy atom. The zero-order chi connectivity index (χ0) is 19.6. The maximum Gasteiger partial charge on any atom is 0.255 e. The van der Waals surface area contributed by atoms with Crippen LogP contribution in [0.3, 0.4) is 0 Å². The summed E-state index contributed by atoms with van der Waals surface area (Å²) in [5.41, 5.74) is 7.97. The summed E-state index contributed by atoms with van der Waals surface area (Å²) in [6.45, 7) is 1.49. The molecule has 0 unspecified atom stereocenters. The summed E-state index contributed by atoms with van der Waals surface area (Å²) < 4.78 is 12.0. The summed E-state index contributed by atoms with van der Waals surface area (Å²) in [4.78, 5) is 12.6. The van der Waals surface area contributed by atoms with E-state index in [1.165, 1.54) is 0 Å². The number of hydrogen-bond donors (Lipinski definition) is 2. The minimum Gasteiger partial charge on any atom is -0.485 e. The molecule has 1 amide bonds. The van der Waals surface area contributed by atoms with Crippen LogP contribution in [0.4, 0.5) is 0 Å². The van der Waals surface area contributed by atoms with Crippen molar-refractivity contribution >= 4 is 5.91 Å². The Bertz CT molecular complexity index is 883. The minimum atomic E-state index is -0.237. The third-order valence-electron chi connectivity index (χ3n) is 4.12. The molecule has 0 saturated carbocycles. The number of carbonyl (C=O) groups excluding carboxylic acids is 1. The van der Waals surface area contributed by atoms with E-state index in [9.17, 15) is 4.79 Å². The lowest BCUT2D eigenvalue weighted by Gasteiger charge is -2.16. The van der Waals surface area contributed by atoms with Gasteiger partial charge in [0.05, 0.1) is 5.56 Å². The van der Waals surface area contributed by atoms with E-state index in [4.69, 9.17) is 15.2 Å². The van der Waals surface area contributed by atoms with Crippen molar-refractivity contribution in [1.82, 2.24) is 5.32 Å². The second kappa shape index (κ2) is 10.1. The Morgan fingerprint density at radius 3 is 2.00 bits per heavy atom. The van der Waals surface area contributed by atoms with E-state index < -0.39 is 0 Å². The molecule has 0 bridgehead atoms. The quantitative estimate of drug-likeness (QED) is 0.599. The molecular weight excluding hydrogens is 352 g/mol. The normalized spacial score (nSPS) is 10.3. The average molecular weight is 376 g/mol. The lowest BCUT2D eigenvalue weighted by atomic mass is 10.1. The SMILES string of the molecule is NCCNC(=O)c1cccc(OCc2ccccc2)c1OCc1ccccc1. The van der Waals surface area contributed by atoms with Crippen LogP contribution in [-0.4, -0.2) is 19.0 Å². The monoisotopic (exact) mass is 376 g/mol. The Kier molecular flexibility index (Phi) is 7.04. The number of nitrogens with one attached hydrogen (secondary N) is 1. The van der Waals surface area contributed by atoms with E-state index >= 15 is 0 Å². The number of nitrogens with two attached hydrogens (primary N) is 1. The molecule has 3 N–H and O–H groups in total. The van der Waals surface area contributed by atoms with Gasteiger partial charge >= 0.3 is 0 Å². The summed E-state index contributed by atoms with van der Waals surface area (Å²) in [7, 11) is 0. The van der Waals surface area contributed by atoms with Gasteiger partial charge in [-0.2, -0.15) is 0 Å². The van der Waals surface area contributed by atoms with Crippen LogP contribution in [0.2, 0.25) is 0 Å². The Labute approximate surface area is 165 Å². The predicted molar refractivity (Wildman–Crippen MR) is 109 cm³/mol. The number of rotatable bonds is 9. The molecule has 0 atom stereocenters. The lowest BCUT2D eigenvalue weighted by molar-refractivity contribution is 0.0949. The molecule has 5 heteroatoms. The van der Waals surface area contributed by atoms with Gasteiger partial charge in [-0.05, 0) is 23.3 Å². The van der Waals surface area contributed by atoms with Crippen molar-refractivity contribution in [3.05, 3.63) is 95.6 Å². The standard InChI is InChI=1S/C23H24N2O3/c24-14-15-25-23(26)20-12-7-13-21(27-16-18-8-3-1-4-9-18)22(20)28-17-19-10-5-2-6-11-19/h1-13H,14-17,24H2,(H,25,26). The number of hydrogen-bond acceptors (Lipinski definition) is 4. The van der Waals surface area contributed by atoms with Crippen LogP contribution in [0.25, 0.3) is 0 Å². The summed E-state index contributed by atoms with van der Waals surface area (Å²) in [6, 6.07) is 25.0. The molecule has 5 nitrogen and oxygen atoms in total. The Balaban J connectivity index is 1.83. The van der Waals surface area contributed by atoms with E-state index in [1.807, 2.05) is 66.7 Å². The van der Waals surface area contributed by atoms with Crippen LogP contribution in [-0.2, 0) is 13.2 Å². The molecule has 0 radical (unpaired) electrons. The first-order valence-corrected chi connectivity index (χ1v) is 9.22. The van der Waals surface area contributed by atoms with Crippen LogP contribution in [0.5, 0.6) is 11.5 Å². The highest BCUT2D eigenvalue weighted by molar-refractivity contribution is 5.97. The molecule has 0 saturated heterocycles. The van der Waals surface area contributed by atoms with Crippen molar-refractivity contribution in [2.24, 2.45) is 5.73 Å². The molecule has 28 heavy (non-hydrogen) atoms. The zero-order valence-corrected chi connectivity index (χ0v) is 15.6. The first-order valence-electron chi connectivity index (χ1n) is 9.22. The van der Waals surface area contributed by atoms with Crippen LogP contribution in [0.15, 0.2) is 78.9 Å². The van der Waals surface area contributed by atoms with Crippen LogP contribution in [0, 0.1) is 0 Å². The molecular formula is C23H24N2O3. The first kappa shape index (κ1) is 19.5. The summed E-state index contributed by atoms with van der Waals surface area (Å²) >= 11 is 0. The smallest absolute Gasteiger partial charge is 0.255 e. The van der Waals surface area contributed by atoms with Crippen molar-refractivity contribution in [2.75, 3.05) is 13.1 Å². The van der Waals surface area contributed by atoms with Gasteiger partial charge in [-0.25, -0.2) is 0 Å². The molecule has 0 aliphatic carbocycles. The molecule has 0 heterocycles. The summed E-state index contributed by atoms with van der Waals surface area (Å²) in [5, 5.41) is 2.79. The third kappa shape index (κ3) is 5.34. The van der Waals surface area contributed by atoms with E-state index in [0.29, 0.717) is 43.4 Å². The third-order valence-corrected chi connectivity index (χ3v) is 4.12. The number of carbonyl (C=O) groups is 1. The molecule has 3 aromatic carbocycles. The molecule has 0 aliphatic heterocycles. The average Bonchev–Trinajstić information content (AvgIpc) is 2.76. The predicted octanol–water partition coefficient (Wildman–Crippen LogP) is 3.53. The van der Waals surface area contributed by atoms with Gasteiger partial charge in [-0.15, -0.1) is 0 Å². The van der Waals surface area contributed by atoms with Gasteiger partial charge in [0.15, 0.2) is 11.5 Å². The Hall–Kier alpha value is -3.31. The van der Waals surface area contributed by atoms with Crippen molar-refractivity contribution in [1.29, 1.82) is 0 Å². The number of amides is 1. The van der Waals surface area contributed by atoms with E-state index in [2.05, 4.69) is 5.32 Å². The van der Waals surface area contributed by atoms with Gasteiger partial charge in [0, 0.05) is 13.1 Å². The highest BCUT2D eigenvalue weighted by Gasteiger charge is 2.17. The Morgan fingerprint density at radius 1 is 0.786 bits per heavy atom. The summed E-state index contributed by atoms with van der Waals surface area (Å²) in [5.74, 6) is 0.718. The highest BCUT2D eigenvalue weighted by atomic mass is 16.5. The maximum atomic E-state index is 12.6. The van der Waals surface area contributed by atoms with E-state index in [0.717, 1.165) is 11.1 Å². The maximum absolute atomic E-state index is 12.6. The van der Waals surface area contributed by atoms with Gasteiger partial charge in [-0.3, -0.25) is 4.79 Å². The number of benzene rings is 3. The molecule has 144 valence electrons. The fourth-order valence-electron chi connectivity index (χ4n) is 2.70. The molecule has 0 aromatic heterocycles. The second-order valence-electron chi connectivity index (χ2n) is 6.23. The van der Waals surface area contributed by atoms with Crippen molar-refractivity contribution in [3.63, 3.8) is 0 Å². The summed E-state index contributed by atoms with van der Waals surface area (Å²) in [6.07, 6.45) is 0. The van der Waals surface area contributed by atoms with Gasteiger partial charge in [0.2, 0.25) is 0 Å². The molecule has 0 spiro atoms. The van der Waals surface area contributed by atoms with Gasteiger partial charge in [0.25, 0.3) is 5.91 Å². The topological polar surface area (TPSA) is 73.6 Å². The van der Waals surface area contributed by atoms with E-state index in [1.54, 1.807) is 12.1 Å². The molecule has 0 fully saturated rings. The fourth-order valence-corrected chi connectivity index (χ4v) is 2.70. The van der Waals surface area contributed by atoms with E-state index in [-0.39, 0.29) is 5.91 Å². The minimum absolute atomic E-state index is 0.237. The second-order valence-corrected chi connectivity index (χ2v) is 6.23. The van der Waals surface area contributed by atoms with Gasteiger partial charge < -0.3 is 20.5 Å². The highest BCUT2D eigenvalue weighted by Crippen LogP contribution is 2.33. The lowest BCUT2D eigenvalue weighted by Crippen LogP contribution is -2.29. The molecule has 0 aliphatic rings. The first-order chi connectivity index (χ1) is 13.8. The molecule has 3 aromatic rings. The molecule has 3 rings (SSSR count). The van der Waals surface area contributed by atoms with Gasteiger partial charge in [-0.1, -0.05) is 66.7 Å². The van der Waals surface area contributed by atoms with Crippen LogP contribution < -0.4 is 20.5 Å².